The van der Waals surface area contributed by atoms with Crippen LogP contribution in [0.1, 0.15) is 53.4 Å². The monoisotopic (exact) mass is 368 g/mol. The molecule has 3 rings (SSSR count). The Labute approximate surface area is 153 Å². The number of nitrogens with zero attached hydrogens (tertiary/aromatic N) is 1. The van der Waals surface area contributed by atoms with E-state index in [0.29, 0.717) is 22.9 Å². The van der Waals surface area contributed by atoms with Gasteiger partial charge in [0.05, 0.1) is 18.2 Å². The molecule has 1 aromatic heterocycles. The molecule has 1 unspecified atom stereocenters. The summed E-state index contributed by atoms with van der Waals surface area (Å²) in [4.78, 5) is 14.9. The third-order valence-corrected chi connectivity index (χ3v) is 4.62. The van der Waals surface area contributed by atoms with Gasteiger partial charge in [-0.1, -0.05) is 36.6 Å². The van der Waals surface area contributed by atoms with Gasteiger partial charge in [0.1, 0.15) is 12.0 Å². The van der Waals surface area contributed by atoms with E-state index in [4.69, 9.17) is 21.8 Å². The smallest absolute Gasteiger partial charge is 0.257 e. The molecule has 2 aromatic rings. The van der Waals surface area contributed by atoms with Gasteiger partial charge < -0.3 is 15.1 Å². The highest BCUT2D eigenvalue weighted by Crippen LogP contribution is 2.32. The highest BCUT2D eigenvalue weighted by atomic mass is 35.5. The molecule has 24 heavy (non-hydrogen) atoms. The lowest BCUT2D eigenvalue weighted by Crippen LogP contribution is -2.34. The summed E-state index contributed by atoms with van der Waals surface area (Å²) in [6.07, 6.45) is 5.77. The zero-order valence-corrected chi connectivity index (χ0v) is 15.0. The molecular formula is C18H22Cl2N2O2. The minimum absolute atomic E-state index is 0. The van der Waals surface area contributed by atoms with E-state index in [9.17, 15) is 4.79 Å². The van der Waals surface area contributed by atoms with E-state index in [-0.39, 0.29) is 24.4 Å². The minimum atomic E-state index is 0. The van der Waals surface area contributed by atoms with Gasteiger partial charge in [0.2, 0.25) is 0 Å². The van der Waals surface area contributed by atoms with Crippen LogP contribution in [0.3, 0.4) is 0 Å². The molecule has 4 nitrogen and oxygen atoms in total. The number of halogens is 2. The topological polar surface area (TPSA) is 59.5 Å². The quantitative estimate of drug-likeness (QED) is 0.862. The zero-order valence-electron chi connectivity index (χ0n) is 13.4. The average molecular weight is 369 g/mol. The second-order valence-electron chi connectivity index (χ2n) is 5.92. The number of benzene rings is 1. The van der Waals surface area contributed by atoms with Crippen molar-refractivity contribution in [2.24, 2.45) is 5.73 Å². The highest BCUT2D eigenvalue weighted by molar-refractivity contribution is 6.30. The Bertz CT molecular complexity index is 670. The van der Waals surface area contributed by atoms with Crippen molar-refractivity contribution >= 4 is 29.9 Å². The van der Waals surface area contributed by atoms with Gasteiger partial charge in [0.15, 0.2) is 0 Å². The van der Waals surface area contributed by atoms with Crippen LogP contribution in [0.2, 0.25) is 5.02 Å². The number of carbonyl (C=O) groups is 1. The van der Waals surface area contributed by atoms with Crippen molar-refractivity contribution in [2.45, 2.75) is 38.3 Å². The molecule has 1 atom stereocenters. The molecular weight excluding hydrogens is 347 g/mol. The predicted molar refractivity (Wildman–Crippen MR) is 97.5 cm³/mol. The van der Waals surface area contributed by atoms with Crippen molar-refractivity contribution in [1.82, 2.24) is 4.90 Å². The van der Waals surface area contributed by atoms with E-state index in [2.05, 4.69) is 0 Å². The summed E-state index contributed by atoms with van der Waals surface area (Å²) in [6, 6.07) is 9.62. The summed E-state index contributed by atoms with van der Waals surface area (Å²) in [5.41, 5.74) is 7.28. The fourth-order valence-electron chi connectivity index (χ4n) is 3.15. The maximum atomic E-state index is 12.9. The summed E-state index contributed by atoms with van der Waals surface area (Å²) in [5, 5.41) is 0.711. The van der Waals surface area contributed by atoms with Crippen LogP contribution in [-0.4, -0.2) is 17.4 Å². The van der Waals surface area contributed by atoms with Crippen LogP contribution in [0.25, 0.3) is 0 Å². The lowest BCUT2D eigenvalue weighted by atomic mass is 10.0. The first kappa shape index (κ1) is 18.8. The Morgan fingerprint density at radius 1 is 1.25 bits per heavy atom. The van der Waals surface area contributed by atoms with Crippen LogP contribution in [0.4, 0.5) is 0 Å². The van der Waals surface area contributed by atoms with Crippen LogP contribution in [-0.2, 0) is 6.54 Å². The van der Waals surface area contributed by atoms with E-state index in [0.717, 1.165) is 37.8 Å². The van der Waals surface area contributed by atoms with Crippen LogP contribution in [0.15, 0.2) is 41.0 Å². The average Bonchev–Trinajstić information content (AvgIpc) is 2.92. The Morgan fingerprint density at radius 3 is 2.67 bits per heavy atom. The summed E-state index contributed by atoms with van der Waals surface area (Å²) in [5.74, 6) is 0.640. The maximum Gasteiger partial charge on any atom is 0.257 e. The second kappa shape index (κ2) is 8.56. The van der Waals surface area contributed by atoms with Crippen molar-refractivity contribution in [3.05, 3.63) is 58.5 Å². The second-order valence-corrected chi connectivity index (χ2v) is 6.36. The first-order valence-electron chi connectivity index (χ1n) is 8.03. The molecule has 1 amide bonds. The minimum Gasteiger partial charge on any atom is -0.467 e. The van der Waals surface area contributed by atoms with Crippen LogP contribution in [0.5, 0.6) is 0 Å². The number of nitrogens with two attached hydrogens (primary N) is 1. The third kappa shape index (κ3) is 4.12. The van der Waals surface area contributed by atoms with Crippen molar-refractivity contribution < 1.29 is 9.21 Å². The van der Waals surface area contributed by atoms with Gasteiger partial charge in [-0.15, -0.1) is 12.4 Å². The zero-order chi connectivity index (χ0) is 16.2. The number of likely N-dealkylation sites (tertiary alicyclic amines) is 1. The molecule has 2 N–H and O–H groups in total. The van der Waals surface area contributed by atoms with E-state index in [1.807, 2.05) is 29.2 Å². The molecule has 130 valence electrons. The SMILES string of the molecule is Cl.NCc1cc(C(=O)N2CCCCCC2c2ccc(Cl)cc2)co1. The van der Waals surface area contributed by atoms with Crippen molar-refractivity contribution in [3.63, 3.8) is 0 Å². The molecule has 1 aliphatic heterocycles. The fraction of sp³-hybridized carbons (Fsp3) is 0.389. The van der Waals surface area contributed by atoms with Gasteiger partial charge in [0.25, 0.3) is 5.91 Å². The van der Waals surface area contributed by atoms with Gasteiger partial charge in [0, 0.05) is 11.6 Å². The van der Waals surface area contributed by atoms with Crippen molar-refractivity contribution in [1.29, 1.82) is 0 Å². The van der Waals surface area contributed by atoms with Gasteiger partial charge in [-0.3, -0.25) is 4.79 Å². The normalized spacial score (nSPS) is 17.9. The number of amides is 1. The van der Waals surface area contributed by atoms with Crippen molar-refractivity contribution in [2.75, 3.05) is 6.54 Å². The number of rotatable bonds is 3. The molecule has 0 aliphatic carbocycles. The Balaban J connectivity index is 0.00000208. The molecule has 0 bridgehead atoms. The van der Waals surface area contributed by atoms with E-state index in [1.165, 1.54) is 6.26 Å². The first-order valence-corrected chi connectivity index (χ1v) is 8.41. The molecule has 1 saturated heterocycles. The molecule has 1 aliphatic rings. The number of hydrogen-bond donors (Lipinski definition) is 1. The lowest BCUT2D eigenvalue weighted by Gasteiger charge is -2.30. The molecule has 1 aromatic carbocycles. The lowest BCUT2D eigenvalue weighted by molar-refractivity contribution is 0.0680. The largest absolute Gasteiger partial charge is 0.467 e. The fourth-order valence-corrected chi connectivity index (χ4v) is 3.27. The molecule has 0 spiro atoms. The standard InChI is InChI=1S/C18H21ClN2O2.ClH/c19-15-7-5-13(6-8-15)17-4-2-1-3-9-21(17)18(22)14-10-16(11-20)23-12-14;/h5-8,10,12,17H,1-4,9,11,20H2;1H. The van der Waals surface area contributed by atoms with E-state index < -0.39 is 0 Å². The Hall–Kier alpha value is -1.49. The summed E-state index contributed by atoms with van der Waals surface area (Å²) >= 11 is 5.99. The van der Waals surface area contributed by atoms with Gasteiger partial charge in [-0.05, 0) is 36.6 Å². The van der Waals surface area contributed by atoms with Crippen LogP contribution in [0, 0.1) is 0 Å². The van der Waals surface area contributed by atoms with Gasteiger partial charge in [-0.25, -0.2) is 0 Å². The molecule has 2 heterocycles. The number of furan rings is 1. The number of carbonyl (C=O) groups excluding carboxylic acids is 1. The third-order valence-electron chi connectivity index (χ3n) is 4.37. The van der Waals surface area contributed by atoms with Gasteiger partial charge in [-0.2, -0.15) is 0 Å². The molecule has 1 fully saturated rings. The van der Waals surface area contributed by atoms with Crippen LogP contribution >= 0.6 is 24.0 Å². The van der Waals surface area contributed by atoms with E-state index >= 15 is 0 Å². The summed E-state index contributed by atoms with van der Waals surface area (Å²) < 4.78 is 5.32. The van der Waals surface area contributed by atoms with Gasteiger partial charge >= 0.3 is 0 Å². The maximum absolute atomic E-state index is 12.9. The summed E-state index contributed by atoms with van der Waals surface area (Å²) in [6.45, 7) is 1.06. The number of hydrogen-bond acceptors (Lipinski definition) is 3. The van der Waals surface area contributed by atoms with Crippen LogP contribution < -0.4 is 5.73 Å². The van der Waals surface area contributed by atoms with Crippen molar-refractivity contribution in [3.8, 4) is 0 Å². The molecule has 6 heteroatoms. The highest BCUT2D eigenvalue weighted by Gasteiger charge is 2.28. The first-order chi connectivity index (χ1) is 11.2. The predicted octanol–water partition coefficient (Wildman–Crippen LogP) is 4.57. The summed E-state index contributed by atoms with van der Waals surface area (Å²) in [7, 11) is 0. The Morgan fingerprint density at radius 2 is 2.00 bits per heavy atom. The van der Waals surface area contributed by atoms with E-state index in [1.54, 1.807) is 6.07 Å². The molecule has 0 radical (unpaired) electrons. The Kier molecular flexibility index (Phi) is 6.72. The molecule has 0 saturated carbocycles.